The second kappa shape index (κ2) is 9.13. The first-order valence-electron chi connectivity index (χ1n) is 10.9. The lowest BCUT2D eigenvalue weighted by molar-refractivity contribution is -0.141. The number of carbonyl (C=O) groups excluding carboxylic acids is 1. The van der Waals surface area contributed by atoms with Crippen molar-refractivity contribution in [1.29, 1.82) is 0 Å². The maximum absolute atomic E-state index is 13.5. The molecule has 0 spiro atoms. The highest BCUT2D eigenvalue weighted by Crippen LogP contribution is 2.36. The van der Waals surface area contributed by atoms with Gasteiger partial charge in [0.1, 0.15) is 18.2 Å². The predicted octanol–water partition coefficient (Wildman–Crippen LogP) is 4.39. The highest BCUT2D eigenvalue weighted by atomic mass is 19.4. The molecule has 36 heavy (non-hydrogen) atoms. The minimum atomic E-state index is -4.68. The van der Waals surface area contributed by atoms with Gasteiger partial charge in [0.15, 0.2) is 11.3 Å². The van der Waals surface area contributed by atoms with Crippen molar-refractivity contribution in [2.75, 3.05) is 31.5 Å². The minimum absolute atomic E-state index is 0.00288. The van der Waals surface area contributed by atoms with E-state index >= 15 is 0 Å². The summed E-state index contributed by atoms with van der Waals surface area (Å²) in [5, 5.41) is 8.48. The number of amides is 2. The third kappa shape index (κ3) is 5.31. The Labute approximate surface area is 200 Å². The topological polar surface area (TPSA) is 74.6 Å². The zero-order valence-corrected chi connectivity index (χ0v) is 18.8. The maximum atomic E-state index is 13.5. The standard InChI is InChI=1S/C22H21F7N6O/c1-2-15-7-17(35-18(32-15)8-16(33-35)22(27,28)29)30-9-20(13-3-5-14(23)6-4-13)11-34(12-20)19(36)31-10-21(24,25)26/h3-8,30H,2,9-12H2,1H3,(H,31,36). The first-order valence-corrected chi connectivity index (χ1v) is 10.9. The number of urea groups is 1. The molecule has 1 saturated heterocycles. The van der Waals surface area contributed by atoms with Crippen molar-refractivity contribution >= 4 is 17.5 Å². The first-order chi connectivity index (χ1) is 16.8. The number of hydrogen-bond donors (Lipinski definition) is 2. The van der Waals surface area contributed by atoms with Gasteiger partial charge in [-0.2, -0.15) is 36.0 Å². The number of halogens is 7. The zero-order chi connectivity index (χ0) is 26.3. The molecule has 1 aliphatic heterocycles. The normalized spacial score (nSPS) is 15.6. The van der Waals surface area contributed by atoms with Gasteiger partial charge in [-0.3, -0.25) is 0 Å². The molecule has 0 bridgehead atoms. The van der Waals surface area contributed by atoms with Crippen LogP contribution in [0, 0.1) is 5.82 Å². The van der Waals surface area contributed by atoms with E-state index in [9.17, 15) is 35.5 Å². The minimum Gasteiger partial charge on any atom is -0.369 e. The monoisotopic (exact) mass is 518 g/mol. The van der Waals surface area contributed by atoms with Crippen LogP contribution in [-0.2, 0) is 18.0 Å². The average Bonchev–Trinajstić information content (AvgIpc) is 3.22. The molecule has 0 radical (unpaired) electrons. The lowest BCUT2D eigenvalue weighted by Gasteiger charge is -2.50. The number of nitrogens with one attached hydrogen (secondary N) is 2. The van der Waals surface area contributed by atoms with Crippen LogP contribution in [0.5, 0.6) is 0 Å². The lowest BCUT2D eigenvalue weighted by Crippen LogP contribution is -2.66. The van der Waals surface area contributed by atoms with Gasteiger partial charge >= 0.3 is 18.4 Å². The smallest absolute Gasteiger partial charge is 0.369 e. The maximum Gasteiger partial charge on any atom is 0.435 e. The van der Waals surface area contributed by atoms with E-state index in [1.807, 2.05) is 0 Å². The Balaban J connectivity index is 1.60. The Hall–Kier alpha value is -3.58. The van der Waals surface area contributed by atoms with Crippen LogP contribution in [0.15, 0.2) is 36.4 Å². The van der Waals surface area contributed by atoms with Crippen LogP contribution in [-0.4, -0.2) is 57.9 Å². The Morgan fingerprint density at radius 3 is 2.33 bits per heavy atom. The molecular formula is C22H21F7N6O. The number of anilines is 1. The molecule has 1 aromatic carbocycles. The van der Waals surface area contributed by atoms with Gasteiger partial charge in [-0.1, -0.05) is 19.1 Å². The summed E-state index contributed by atoms with van der Waals surface area (Å²) in [5.41, 5.74) is -0.854. The van der Waals surface area contributed by atoms with Gasteiger partial charge in [-0.15, -0.1) is 0 Å². The summed E-state index contributed by atoms with van der Waals surface area (Å²) in [4.78, 5) is 17.5. The van der Waals surface area contributed by atoms with E-state index in [0.717, 1.165) is 10.6 Å². The van der Waals surface area contributed by atoms with E-state index in [-0.39, 0.29) is 31.1 Å². The highest BCUT2D eigenvalue weighted by molar-refractivity contribution is 5.76. The van der Waals surface area contributed by atoms with Crippen LogP contribution < -0.4 is 10.6 Å². The number of alkyl halides is 6. The van der Waals surface area contributed by atoms with E-state index in [4.69, 9.17) is 0 Å². The molecule has 7 nitrogen and oxygen atoms in total. The van der Waals surface area contributed by atoms with Gasteiger partial charge in [-0.25, -0.2) is 14.2 Å². The number of likely N-dealkylation sites (tertiary alicyclic amines) is 1. The molecule has 1 fully saturated rings. The molecule has 4 rings (SSSR count). The molecule has 194 valence electrons. The average molecular weight is 518 g/mol. The quantitative estimate of drug-likeness (QED) is 0.475. The highest BCUT2D eigenvalue weighted by Gasteiger charge is 2.47. The van der Waals surface area contributed by atoms with Crippen LogP contribution >= 0.6 is 0 Å². The fourth-order valence-electron chi connectivity index (χ4n) is 4.05. The first kappa shape index (κ1) is 25.5. The lowest BCUT2D eigenvalue weighted by atomic mass is 9.73. The van der Waals surface area contributed by atoms with Crippen molar-refractivity contribution in [2.45, 2.75) is 31.1 Å². The summed E-state index contributed by atoms with van der Waals surface area (Å²) >= 11 is 0. The molecule has 0 unspecified atom stereocenters. The van der Waals surface area contributed by atoms with Crippen molar-refractivity contribution in [3.05, 3.63) is 59.2 Å². The largest absolute Gasteiger partial charge is 0.435 e. The van der Waals surface area contributed by atoms with Crippen LogP contribution in [0.4, 0.5) is 41.3 Å². The molecule has 14 heteroatoms. The summed E-state index contributed by atoms with van der Waals surface area (Å²) in [5.74, 6) is -0.283. The molecule has 2 amide bonds. The number of aromatic nitrogens is 3. The number of carbonyl (C=O) groups is 1. The van der Waals surface area contributed by atoms with Gasteiger partial charge < -0.3 is 15.5 Å². The molecule has 2 N–H and O–H groups in total. The molecule has 0 saturated carbocycles. The van der Waals surface area contributed by atoms with Gasteiger partial charge in [0.25, 0.3) is 0 Å². The van der Waals surface area contributed by atoms with Crippen LogP contribution in [0.2, 0.25) is 0 Å². The van der Waals surface area contributed by atoms with Crippen molar-refractivity contribution in [3.8, 4) is 0 Å². The van der Waals surface area contributed by atoms with E-state index in [1.165, 1.54) is 29.2 Å². The van der Waals surface area contributed by atoms with Crippen molar-refractivity contribution in [3.63, 3.8) is 0 Å². The van der Waals surface area contributed by atoms with Gasteiger partial charge in [-0.05, 0) is 24.1 Å². The van der Waals surface area contributed by atoms with Gasteiger partial charge in [0, 0.05) is 42.9 Å². The van der Waals surface area contributed by atoms with E-state index < -0.39 is 41.9 Å². The van der Waals surface area contributed by atoms with Crippen molar-refractivity contribution in [2.24, 2.45) is 0 Å². The fraction of sp³-hybridized carbons (Fsp3) is 0.409. The molecule has 0 atom stereocenters. The van der Waals surface area contributed by atoms with E-state index in [1.54, 1.807) is 18.3 Å². The van der Waals surface area contributed by atoms with Gasteiger partial charge in [0.2, 0.25) is 0 Å². The number of fused-ring (bicyclic) bond motifs is 1. The molecule has 3 heterocycles. The molecule has 1 aliphatic rings. The van der Waals surface area contributed by atoms with Crippen molar-refractivity contribution < 1.29 is 35.5 Å². The molecule has 2 aromatic heterocycles. The summed E-state index contributed by atoms with van der Waals surface area (Å²) in [6, 6.07) is 6.89. The van der Waals surface area contributed by atoms with Crippen LogP contribution in [0.25, 0.3) is 5.65 Å². The molecule has 3 aromatic rings. The van der Waals surface area contributed by atoms with E-state index in [2.05, 4.69) is 15.4 Å². The fourth-order valence-corrected chi connectivity index (χ4v) is 4.05. The number of rotatable bonds is 6. The Bertz CT molecular complexity index is 1250. The number of benzene rings is 1. The number of hydrogen-bond acceptors (Lipinski definition) is 4. The molecular weight excluding hydrogens is 497 g/mol. The third-order valence-electron chi connectivity index (χ3n) is 5.91. The van der Waals surface area contributed by atoms with Gasteiger partial charge in [0.05, 0.1) is 0 Å². The Morgan fingerprint density at radius 1 is 1.08 bits per heavy atom. The zero-order valence-electron chi connectivity index (χ0n) is 18.8. The van der Waals surface area contributed by atoms with E-state index in [0.29, 0.717) is 17.7 Å². The summed E-state index contributed by atoms with van der Waals surface area (Å²) < 4.78 is 91.6. The van der Waals surface area contributed by atoms with Crippen LogP contribution in [0.3, 0.4) is 0 Å². The summed E-state index contributed by atoms with van der Waals surface area (Å²) in [7, 11) is 0. The number of nitrogens with zero attached hydrogens (tertiary/aromatic N) is 4. The second-order valence-electron chi connectivity index (χ2n) is 8.55. The Kier molecular flexibility index (Phi) is 6.47. The SMILES string of the molecule is CCc1cc(NCC2(c3ccc(F)cc3)CN(C(=O)NCC(F)(F)F)C2)n2nc(C(F)(F)F)cc2n1. The third-order valence-corrected chi connectivity index (χ3v) is 5.91. The Morgan fingerprint density at radius 2 is 1.75 bits per heavy atom. The van der Waals surface area contributed by atoms with Crippen LogP contribution in [0.1, 0.15) is 23.9 Å². The predicted molar refractivity (Wildman–Crippen MR) is 115 cm³/mol. The second-order valence-corrected chi connectivity index (χ2v) is 8.55. The number of aryl methyl sites for hydroxylation is 1. The summed E-state index contributed by atoms with van der Waals surface area (Å²) in [6.45, 7) is 0.367. The summed E-state index contributed by atoms with van der Waals surface area (Å²) in [6.07, 6.45) is -8.81. The van der Waals surface area contributed by atoms with Crippen molar-refractivity contribution in [1.82, 2.24) is 24.8 Å². The molecule has 0 aliphatic carbocycles.